The van der Waals surface area contributed by atoms with Crippen LogP contribution in [0.2, 0.25) is 0 Å². The molecule has 0 aliphatic heterocycles. The minimum atomic E-state index is -0.435. The molecule has 26 heavy (non-hydrogen) atoms. The van der Waals surface area contributed by atoms with Gasteiger partial charge in [-0.3, -0.25) is 4.98 Å². The molecule has 0 radical (unpaired) electrons. The second-order valence-electron chi connectivity index (χ2n) is 5.39. The van der Waals surface area contributed by atoms with Gasteiger partial charge in [-0.05, 0) is 30.5 Å². The van der Waals surface area contributed by atoms with Gasteiger partial charge >= 0.3 is 5.97 Å². The van der Waals surface area contributed by atoms with Crippen LogP contribution in [0.15, 0.2) is 41.4 Å². The zero-order valence-corrected chi connectivity index (χ0v) is 15.4. The van der Waals surface area contributed by atoms with E-state index in [1.165, 1.54) is 11.3 Å². The molecule has 0 unspecified atom stereocenters. The van der Waals surface area contributed by atoms with E-state index in [9.17, 15) is 4.79 Å². The maximum atomic E-state index is 12.2. The van der Waals surface area contributed by atoms with Gasteiger partial charge in [0.25, 0.3) is 0 Å². The van der Waals surface area contributed by atoms with Crippen molar-refractivity contribution in [2.75, 3.05) is 12.3 Å². The number of carbonyl (C=O) groups excluding carboxylic acids is 1. The van der Waals surface area contributed by atoms with Gasteiger partial charge in [0.05, 0.1) is 23.4 Å². The summed E-state index contributed by atoms with van der Waals surface area (Å²) >= 11 is 2.80. The summed E-state index contributed by atoms with van der Waals surface area (Å²) in [4.78, 5) is 26.7. The van der Waals surface area contributed by atoms with Crippen LogP contribution in [0.5, 0.6) is 0 Å². The molecule has 0 aromatic carbocycles. The van der Waals surface area contributed by atoms with Crippen LogP contribution in [-0.4, -0.2) is 27.5 Å². The number of anilines is 1. The van der Waals surface area contributed by atoms with Crippen LogP contribution in [0.4, 0.5) is 5.69 Å². The Kier molecular flexibility index (Phi) is 4.36. The number of esters is 1. The van der Waals surface area contributed by atoms with Gasteiger partial charge in [0.15, 0.2) is 5.82 Å². The summed E-state index contributed by atoms with van der Waals surface area (Å²) in [5.41, 5.74) is 9.16. The highest BCUT2D eigenvalue weighted by Gasteiger charge is 2.23. The van der Waals surface area contributed by atoms with Gasteiger partial charge in [-0.1, -0.05) is 0 Å². The number of aromatic nitrogens is 3. The quantitative estimate of drug-likeness (QED) is 0.531. The number of hydrogen-bond donors (Lipinski definition) is 1. The van der Waals surface area contributed by atoms with Gasteiger partial charge in [-0.2, -0.15) is 11.3 Å². The fourth-order valence-corrected chi connectivity index (χ4v) is 4.24. The summed E-state index contributed by atoms with van der Waals surface area (Å²) < 4.78 is 5.12. The predicted molar refractivity (Wildman–Crippen MR) is 104 cm³/mol. The summed E-state index contributed by atoms with van der Waals surface area (Å²) in [6.45, 7) is 2.05. The number of hydrogen-bond acceptors (Lipinski definition) is 8. The van der Waals surface area contributed by atoms with Crippen molar-refractivity contribution in [1.82, 2.24) is 15.0 Å². The van der Waals surface area contributed by atoms with Gasteiger partial charge in [-0.15, -0.1) is 11.3 Å². The third kappa shape index (κ3) is 2.83. The summed E-state index contributed by atoms with van der Waals surface area (Å²) in [5, 5.41) is 4.66. The number of thiophene rings is 2. The lowest BCUT2D eigenvalue weighted by Crippen LogP contribution is -2.05. The maximum Gasteiger partial charge on any atom is 0.350 e. The molecular formula is C18H14N4O2S2. The molecule has 4 heterocycles. The lowest BCUT2D eigenvalue weighted by molar-refractivity contribution is 0.0533. The van der Waals surface area contributed by atoms with Gasteiger partial charge in [-0.25, -0.2) is 14.8 Å². The standard InChI is InChI=1S/C18H14N4O2S2/c1-2-24-18(23)15-13(19)12-14(11-5-8-25-9-11)21-16(22-17(12)26-15)10-3-6-20-7-4-10/h3-9H,2,19H2,1H3. The van der Waals surface area contributed by atoms with Crippen molar-refractivity contribution in [3.63, 3.8) is 0 Å². The molecule has 0 fully saturated rings. The Hall–Kier alpha value is -2.84. The van der Waals surface area contributed by atoms with Gasteiger partial charge in [0.2, 0.25) is 0 Å². The van der Waals surface area contributed by atoms with E-state index in [1.54, 1.807) is 30.7 Å². The molecule has 0 saturated heterocycles. The van der Waals surface area contributed by atoms with Crippen molar-refractivity contribution in [3.05, 3.63) is 46.2 Å². The average molecular weight is 382 g/mol. The lowest BCUT2D eigenvalue weighted by Gasteiger charge is -2.06. The van der Waals surface area contributed by atoms with Crippen LogP contribution in [0.25, 0.3) is 32.9 Å². The summed E-state index contributed by atoms with van der Waals surface area (Å²) in [6, 6.07) is 5.67. The van der Waals surface area contributed by atoms with Crippen molar-refractivity contribution in [2.24, 2.45) is 0 Å². The number of fused-ring (bicyclic) bond motifs is 1. The van der Waals surface area contributed by atoms with E-state index in [0.29, 0.717) is 32.3 Å². The molecule has 0 aliphatic rings. The Bertz CT molecular complexity index is 1080. The van der Waals surface area contributed by atoms with Crippen molar-refractivity contribution < 1.29 is 9.53 Å². The van der Waals surface area contributed by atoms with Crippen molar-refractivity contribution in [2.45, 2.75) is 6.92 Å². The fourth-order valence-electron chi connectivity index (χ4n) is 2.61. The van der Waals surface area contributed by atoms with Gasteiger partial charge in [0, 0.05) is 28.9 Å². The van der Waals surface area contributed by atoms with E-state index in [0.717, 1.165) is 11.1 Å². The average Bonchev–Trinajstić information content (AvgIpc) is 3.30. The number of ether oxygens (including phenoxy) is 1. The van der Waals surface area contributed by atoms with E-state index in [-0.39, 0.29) is 6.61 Å². The largest absolute Gasteiger partial charge is 0.462 e. The highest BCUT2D eigenvalue weighted by Crippen LogP contribution is 2.40. The molecule has 0 amide bonds. The summed E-state index contributed by atoms with van der Waals surface area (Å²) in [6.07, 6.45) is 3.39. The normalized spacial score (nSPS) is 11.0. The fraction of sp³-hybridized carbons (Fsp3) is 0.111. The van der Waals surface area contributed by atoms with E-state index < -0.39 is 5.97 Å². The molecule has 0 saturated carbocycles. The highest BCUT2D eigenvalue weighted by atomic mass is 32.1. The van der Waals surface area contributed by atoms with Crippen LogP contribution in [0, 0.1) is 0 Å². The molecule has 0 bridgehead atoms. The molecule has 8 heteroatoms. The first-order valence-electron chi connectivity index (χ1n) is 7.89. The van der Waals surface area contributed by atoms with E-state index >= 15 is 0 Å². The molecule has 2 N–H and O–H groups in total. The van der Waals surface area contributed by atoms with Crippen LogP contribution in [-0.2, 0) is 4.74 Å². The molecule has 4 aromatic rings. The topological polar surface area (TPSA) is 91.0 Å². The summed E-state index contributed by atoms with van der Waals surface area (Å²) in [5.74, 6) is 0.132. The third-order valence-electron chi connectivity index (χ3n) is 3.78. The predicted octanol–water partition coefficient (Wildman–Crippen LogP) is 4.24. The van der Waals surface area contributed by atoms with E-state index in [4.69, 9.17) is 15.5 Å². The van der Waals surface area contributed by atoms with Crippen LogP contribution in [0.3, 0.4) is 0 Å². The van der Waals surface area contributed by atoms with Gasteiger partial charge in [0.1, 0.15) is 9.71 Å². The lowest BCUT2D eigenvalue weighted by atomic mass is 10.1. The molecule has 4 rings (SSSR count). The first-order valence-corrected chi connectivity index (χ1v) is 9.65. The maximum absolute atomic E-state index is 12.2. The Balaban J connectivity index is 1.99. The first kappa shape index (κ1) is 16.6. The Morgan fingerprint density at radius 3 is 2.69 bits per heavy atom. The van der Waals surface area contributed by atoms with Crippen molar-refractivity contribution in [1.29, 1.82) is 0 Å². The molecule has 6 nitrogen and oxygen atoms in total. The van der Waals surface area contributed by atoms with Crippen LogP contribution >= 0.6 is 22.7 Å². The molecule has 0 spiro atoms. The molecule has 4 aromatic heterocycles. The van der Waals surface area contributed by atoms with Crippen molar-refractivity contribution >= 4 is 44.5 Å². The van der Waals surface area contributed by atoms with Crippen molar-refractivity contribution in [3.8, 4) is 22.6 Å². The minimum Gasteiger partial charge on any atom is -0.462 e. The smallest absolute Gasteiger partial charge is 0.350 e. The van der Waals surface area contributed by atoms with Gasteiger partial charge < -0.3 is 10.5 Å². The Morgan fingerprint density at radius 2 is 2.00 bits per heavy atom. The molecule has 130 valence electrons. The van der Waals surface area contributed by atoms with Crippen LogP contribution < -0.4 is 5.73 Å². The zero-order chi connectivity index (χ0) is 18.1. The highest BCUT2D eigenvalue weighted by molar-refractivity contribution is 7.21. The number of pyridine rings is 1. The SMILES string of the molecule is CCOC(=O)c1sc2nc(-c3ccncc3)nc(-c3ccsc3)c2c1N. The molecule has 0 atom stereocenters. The number of nitrogens with zero attached hydrogens (tertiary/aromatic N) is 3. The first-order chi connectivity index (χ1) is 12.7. The number of rotatable bonds is 4. The summed E-state index contributed by atoms with van der Waals surface area (Å²) in [7, 11) is 0. The second-order valence-corrected chi connectivity index (χ2v) is 7.17. The van der Waals surface area contributed by atoms with Crippen LogP contribution in [0.1, 0.15) is 16.6 Å². The second kappa shape index (κ2) is 6.81. The third-order valence-corrected chi connectivity index (χ3v) is 5.55. The number of nitrogens with two attached hydrogens (primary N) is 1. The minimum absolute atomic E-state index is 0.290. The zero-order valence-electron chi connectivity index (χ0n) is 13.8. The molecular weight excluding hydrogens is 368 g/mol. The molecule has 0 aliphatic carbocycles. The van der Waals surface area contributed by atoms with E-state index in [2.05, 4.69) is 9.97 Å². The monoisotopic (exact) mass is 382 g/mol. The number of carbonyl (C=O) groups is 1. The Morgan fingerprint density at radius 1 is 1.19 bits per heavy atom. The van der Waals surface area contributed by atoms with E-state index in [1.807, 2.05) is 29.0 Å². The Labute approximate surface area is 157 Å². The number of nitrogen functional groups attached to an aromatic ring is 1.